The minimum absolute atomic E-state index is 0.0642. The molecule has 2 saturated heterocycles. The second-order valence-electron chi connectivity index (χ2n) is 3.80. The Kier molecular flexibility index (Phi) is 2.41. The highest BCUT2D eigenvalue weighted by Crippen LogP contribution is 2.19. The minimum Gasteiger partial charge on any atom is -0.337 e. The Morgan fingerprint density at radius 1 is 1.33 bits per heavy atom. The molecule has 7 heteroatoms. The fraction of sp³-hybridized carbons (Fsp3) is 0.750. The number of carbonyl (C=O) groups excluding carboxylic acids is 2. The molecule has 2 rings (SSSR count). The van der Waals surface area contributed by atoms with E-state index >= 15 is 0 Å². The van der Waals surface area contributed by atoms with E-state index in [0.29, 0.717) is 13.0 Å². The van der Waals surface area contributed by atoms with Crippen molar-refractivity contribution in [2.75, 3.05) is 18.1 Å². The number of rotatable bonds is 1. The predicted molar refractivity (Wildman–Crippen MR) is 51.9 cm³/mol. The maximum Gasteiger partial charge on any atom is 0.324 e. The standard InChI is InChI=1S/C8H12N2O4S/c11-7-1-3-9-8(12)10(7)6-2-4-15(13,14)5-6/h6H,1-5H2,(H,9,12). The van der Waals surface area contributed by atoms with Gasteiger partial charge in [0.15, 0.2) is 9.84 Å². The Morgan fingerprint density at radius 3 is 2.60 bits per heavy atom. The van der Waals surface area contributed by atoms with Gasteiger partial charge < -0.3 is 5.32 Å². The van der Waals surface area contributed by atoms with Crippen molar-refractivity contribution < 1.29 is 18.0 Å². The SMILES string of the molecule is O=C1CCNC(=O)N1C1CCS(=O)(=O)C1. The van der Waals surface area contributed by atoms with Gasteiger partial charge in [0, 0.05) is 13.0 Å². The maximum atomic E-state index is 11.5. The van der Waals surface area contributed by atoms with Gasteiger partial charge >= 0.3 is 6.03 Å². The molecule has 0 aliphatic carbocycles. The molecule has 1 atom stereocenters. The van der Waals surface area contributed by atoms with Gasteiger partial charge in [-0.2, -0.15) is 0 Å². The average Bonchev–Trinajstić information content (AvgIpc) is 2.46. The van der Waals surface area contributed by atoms with Crippen molar-refractivity contribution in [1.82, 2.24) is 10.2 Å². The smallest absolute Gasteiger partial charge is 0.324 e. The first kappa shape index (κ1) is 10.4. The Hall–Kier alpha value is -1.11. The topological polar surface area (TPSA) is 83.6 Å². The number of imide groups is 1. The average molecular weight is 232 g/mol. The van der Waals surface area contributed by atoms with Crippen LogP contribution in [0.15, 0.2) is 0 Å². The first-order chi connectivity index (χ1) is 6.99. The van der Waals surface area contributed by atoms with Gasteiger partial charge in [-0.25, -0.2) is 13.2 Å². The monoisotopic (exact) mass is 232 g/mol. The molecule has 0 bridgehead atoms. The first-order valence-corrected chi connectivity index (χ1v) is 6.62. The highest BCUT2D eigenvalue weighted by atomic mass is 32.2. The Bertz CT molecular complexity index is 387. The molecular formula is C8H12N2O4S. The summed E-state index contributed by atoms with van der Waals surface area (Å²) in [6.45, 7) is 0.341. The second-order valence-corrected chi connectivity index (χ2v) is 6.03. The molecule has 1 unspecified atom stereocenters. The summed E-state index contributed by atoms with van der Waals surface area (Å²) >= 11 is 0. The van der Waals surface area contributed by atoms with Crippen LogP contribution in [0.25, 0.3) is 0 Å². The summed E-state index contributed by atoms with van der Waals surface area (Å²) in [5, 5.41) is 2.54. The van der Waals surface area contributed by atoms with Crippen molar-refractivity contribution in [3.8, 4) is 0 Å². The molecule has 15 heavy (non-hydrogen) atoms. The zero-order chi connectivity index (χ0) is 11.1. The van der Waals surface area contributed by atoms with E-state index in [1.165, 1.54) is 0 Å². The molecule has 3 amide bonds. The van der Waals surface area contributed by atoms with E-state index in [-0.39, 0.29) is 23.8 Å². The fourth-order valence-corrected chi connectivity index (χ4v) is 3.64. The molecule has 2 fully saturated rings. The highest BCUT2D eigenvalue weighted by molar-refractivity contribution is 7.91. The number of amides is 3. The van der Waals surface area contributed by atoms with Crippen LogP contribution in [0.4, 0.5) is 4.79 Å². The lowest BCUT2D eigenvalue weighted by molar-refractivity contribution is -0.130. The zero-order valence-electron chi connectivity index (χ0n) is 8.10. The number of nitrogens with one attached hydrogen (secondary N) is 1. The minimum atomic E-state index is -3.07. The van der Waals surface area contributed by atoms with E-state index in [1.807, 2.05) is 0 Å². The normalized spacial score (nSPS) is 30.4. The molecule has 0 saturated carbocycles. The Labute approximate surface area is 87.5 Å². The van der Waals surface area contributed by atoms with E-state index in [2.05, 4.69) is 5.32 Å². The zero-order valence-corrected chi connectivity index (χ0v) is 8.92. The maximum absolute atomic E-state index is 11.5. The van der Waals surface area contributed by atoms with Crippen molar-refractivity contribution in [1.29, 1.82) is 0 Å². The van der Waals surface area contributed by atoms with Crippen LogP contribution in [0, 0.1) is 0 Å². The molecule has 0 radical (unpaired) electrons. The van der Waals surface area contributed by atoms with Crippen molar-refractivity contribution in [3.05, 3.63) is 0 Å². The van der Waals surface area contributed by atoms with Crippen LogP contribution in [0.2, 0.25) is 0 Å². The van der Waals surface area contributed by atoms with E-state index in [4.69, 9.17) is 0 Å². The first-order valence-electron chi connectivity index (χ1n) is 4.80. The molecule has 2 aliphatic heterocycles. The quantitative estimate of drug-likeness (QED) is 0.636. The van der Waals surface area contributed by atoms with E-state index in [9.17, 15) is 18.0 Å². The van der Waals surface area contributed by atoms with Crippen molar-refractivity contribution in [2.45, 2.75) is 18.9 Å². The second kappa shape index (κ2) is 3.48. The van der Waals surface area contributed by atoms with Crippen molar-refractivity contribution in [2.24, 2.45) is 0 Å². The molecule has 2 heterocycles. The number of sulfone groups is 1. The summed E-state index contributed by atoms with van der Waals surface area (Å²) in [5.74, 6) is -0.304. The molecule has 2 aliphatic rings. The van der Waals surface area contributed by atoms with Crippen LogP contribution >= 0.6 is 0 Å². The Balaban J connectivity index is 2.16. The summed E-state index contributed by atoms with van der Waals surface area (Å²) in [6, 6.07) is -0.934. The number of nitrogens with zero attached hydrogens (tertiary/aromatic N) is 1. The molecule has 84 valence electrons. The van der Waals surface area contributed by atoms with Gasteiger partial charge in [0.2, 0.25) is 5.91 Å². The summed E-state index contributed by atoms with van der Waals surface area (Å²) in [6.07, 6.45) is 0.615. The lowest BCUT2D eigenvalue weighted by Crippen LogP contribution is -2.54. The lowest BCUT2D eigenvalue weighted by Gasteiger charge is -2.29. The van der Waals surface area contributed by atoms with Gasteiger partial charge in [-0.3, -0.25) is 9.69 Å². The molecular weight excluding hydrogens is 220 g/mol. The summed E-state index contributed by atoms with van der Waals surface area (Å²) in [4.78, 5) is 23.9. The lowest BCUT2D eigenvalue weighted by atomic mass is 10.2. The predicted octanol–water partition coefficient (Wildman–Crippen LogP) is -0.885. The van der Waals surface area contributed by atoms with Crippen LogP contribution in [-0.4, -0.2) is 49.3 Å². The number of carbonyl (C=O) groups is 2. The Morgan fingerprint density at radius 2 is 2.07 bits per heavy atom. The van der Waals surface area contributed by atoms with E-state index in [0.717, 1.165) is 4.90 Å². The third-order valence-electron chi connectivity index (χ3n) is 2.68. The molecule has 6 nitrogen and oxygen atoms in total. The summed E-state index contributed by atoms with van der Waals surface area (Å²) in [7, 11) is -3.07. The van der Waals surface area contributed by atoms with Crippen LogP contribution in [0.5, 0.6) is 0 Å². The number of urea groups is 1. The van der Waals surface area contributed by atoms with Crippen molar-refractivity contribution >= 4 is 21.8 Å². The molecule has 0 aromatic carbocycles. The van der Waals surface area contributed by atoms with Crippen LogP contribution in [-0.2, 0) is 14.6 Å². The van der Waals surface area contributed by atoms with Gasteiger partial charge in [0.25, 0.3) is 0 Å². The molecule has 0 aromatic heterocycles. The van der Waals surface area contributed by atoms with E-state index in [1.54, 1.807) is 0 Å². The van der Waals surface area contributed by atoms with E-state index < -0.39 is 21.9 Å². The van der Waals surface area contributed by atoms with Gasteiger partial charge in [0.1, 0.15) is 0 Å². The highest BCUT2D eigenvalue weighted by Gasteiger charge is 2.39. The van der Waals surface area contributed by atoms with Gasteiger partial charge in [-0.05, 0) is 6.42 Å². The van der Waals surface area contributed by atoms with Crippen LogP contribution in [0.1, 0.15) is 12.8 Å². The summed E-state index contributed by atoms with van der Waals surface area (Å²) in [5.41, 5.74) is 0. The third-order valence-corrected chi connectivity index (χ3v) is 4.43. The van der Waals surface area contributed by atoms with Gasteiger partial charge in [0.05, 0.1) is 17.5 Å². The third kappa shape index (κ3) is 1.97. The summed E-state index contributed by atoms with van der Waals surface area (Å²) < 4.78 is 22.5. The van der Waals surface area contributed by atoms with Gasteiger partial charge in [-0.15, -0.1) is 0 Å². The number of hydrogen-bond acceptors (Lipinski definition) is 4. The molecule has 0 spiro atoms. The number of hydrogen-bond donors (Lipinski definition) is 1. The van der Waals surface area contributed by atoms with Crippen LogP contribution in [0.3, 0.4) is 0 Å². The molecule has 1 N–H and O–H groups in total. The van der Waals surface area contributed by atoms with Gasteiger partial charge in [-0.1, -0.05) is 0 Å². The largest absolute Gasteiger partial charge is 0.337 e. The van der Waals surface area contributed by atoms with Crippen LogP contribution < -0.4 is 5.32 Å². The molecule has 0 aromatic rings. The fourth-order valence-electron chi connectivity index (χ4n) is 1.94. The van der Waals surface area contributed by atoms with Crippen molar-refractivity contribution in [3.63, 3.8) is 0 Å².